The van der Waals surface area contributed by atoms with Gasteiger partial charge in [-0.3, -0.25) is 0 Å². The molecule has 0 aliphatic rings. The average Bonchev–Trinajstić information content (AvgIpc) is 2.33. The van der Waals surface area contributed by atoms with Gasteiger partial charge in [-0.15, -0.1) is 0 Å². The number of hydrogen-bond acceptors (Lipinski definition) is 2. The minimum Gasteiger partial charge on any atom is -0.384 e. The third kappa shape index (κ3) is 4.78. The van der Waals surface area contributed by atoms with Crippen molar-refractivity contribution < 1.29 is 0 Å². The molecule has 0 saturated carbocycles. The first kappa shape index (κ1) is 14.0. The van der Waals surface area contributed by atoms with Gasteiger partial charge in [0, 0.05) is 24.8 Å². The van der Waals surface area contributed by atoms with Gasteiger partial charge in [0.25, 0.3) is 0 Å². The number of rotatable bonds is 7. The minimum absolute atomic E-state index is 0.717. The monoisotopic (exact) mass is 234 g/mol. The molecule has 0 aromatic heterocycles. The molecule has 0 saturated heterocycles. The Labute approximate surface area is 106 Å². The molecule has 96 valence electrons. The third-order valence-electron chi connectivity index (χ3n) is 3.41. The Bertz CT molecular complexity index is 301. The number of benzene rings is 1. The van der Waals surface area contributed by atoms with Gasteiger partial charge < -0.3 is 10.2 Å². The Kier molecular flexibility index (Phi) is 6.06. The fourth-order valence-corrected chi connectivity index (χ4v) is 2.14. The van der Waals surface area contributed by atoms with Gasteiger partial charge in [-0.2, -0.15) is 0 Å². The van der Waals surface area contributed by atoms with Crippen LogP contribution in [0.15, 0.2) is 24.3 Å². The molecule has 0 aliphatic heterocycles. The second-order valence-electron chi connectivity index (χ2n) is 4.74. The Morgan fingerprint density at radius 1 is 1.12 bits per heavy atom. The summed E-state index contributed by atoms with van der Waals surface area (Å²) in [5, 5.41) is 3.46. The van der Waals surface area contributed by atoms with Crippen molar-refractivity contribution in [3.63, 3.8) is 0 Å². The Morgan fingerprint density at radius 2 is 1.71 bits per heavy atom. The minimum atomic E-state index is 0.717. The second kappa shape index (κ2) is 7.33. The zero-order valence-corrected chi connectivity index (χ0v) is 11.7. The second-order valence-corrected chi connectivity index (χ2v) is 4.74. The summed E-state index contributed by atoms with van der Waals surface area (Å²) in [4.78, 5) is 2.45. The number of aryl methyl sites for hydroxylation is 1. The van der Waals surface area contributed by atoms with Crippen molar-refractivity contribution in [1.82, 2.24) is 4.90 Å². The highest BCUT2D eigenvalue weighted by molar-refractivity contribution is 5.44. The molecule has 0 atom stereocenters. The van der Waals surface area contributed by atoms with E-state index in [1.54, 1.807) is 0 Å². The van der Waals surface area contributed by atoms with Gasteiger partial charge in [0.05, 0.1) is 0 Å². The van der Waals surface area contributed by atoms with E-state index in [1.165, 1.54) is 24.1 Å². The van der Waals surface area contributed by atoms with Crippen LogP contribution < -0.4 is 5.32 Å². The van der Waals surface area contributed by atoms with Gasteiger partial charge in [-0.25, -0.2) is 0 Å². The van der Waals surface area contributed by atoms with E-state index in [4.69, 9.17) is 0 Å². The molecule has 0 unspecified atom stereocenters. The number of likely N-dealkylation sites (N-methyl/N-ethyl adjacent to an activating group) is 1. The summed E-state index contributed by atoms with van der Waals surface area (Å²) in [5.41, 5.74) is 2.53. The maximum Gasteiger partial charge on any atom is 0.0340 e. The van der Waals surface area contributed by atoms with Gasteiger partial charge in [0.1, 0.15) is 0 Å². The van der Waals surface area contributed by atoms with Crippen molar-refractivity contribution in [1.29, 1.82) is 0 Å². The number of hydrogen-bond donors (Lipinski definition) is 1. The van der Waals surface area contributed by atoms with E-state index >= 15 is 0 Å². The highest BCUT2D eigenvalue weighted by atomic mass is 15.1. The van der Waals surface area contributed by atoms with Crippen molar-refractivity contribution >= 4 is 5.69 Å². The highest BCUT2D eigenvalue weighted by Crippen LogP contribution is 2.09. The number of anilines is 1. The first-order valence-electron chi connectivity index (χ1n) is 6.68. The summed E-state index contributed by atoms with van der Waals surface area (Å²) >= 11 is 0. The maximum atomic E-state index is 3.46. The molecule has 1 rings (SSSR count). The summed E-state index contributed by atoms with van der Waals surface area (Å²) in [7, 11) is 2.22. The van der Waals surface area contributed by atoms with Crippen molar-refractivity contribution in [2.75, 3.05) is 25.5 Å². The third-order valence-corrected chi connectivity index (χ3v) is 3.41. The largest absolute Gasteiger partial charge is 0.384 e. The van der Waals surface area contributed by atoms with E-state index in [1.807, 2.05) is 0 Å². The summed E-state index contributed by atoms with van der Waals surface area (Å²) in [6.45, 7) is 8.75. The van der Waals surface area contributed by atoms with Gasteiger partial charge in [-0.05, 0) is 38.9 Å². The van der Waals surface area contributed by atoms with Gasteiger partial charge >= 0.3 is 0 Å². The highest BCUT2D eigenvalue weighted by Gasteiger charge is 2.08. The van der Waals surface area contributed by atoms with E-state index in [0.29, 0.717) is 0 Å². The molecule has 0 aliphatic carbocycles. The van der Waals surface area contributed by atoms with Crippen LogP contribution >= 0.6 is 0 Å². The molecular weight excluding hydrogens is 208 g/mol. The van der Waals surface area contributed by atoms with Crippen LogP contribution in [0, 0.1) is 6.92 Å². The molecular formula is C15H26N2. The lowest BCUT2D eigenvalue weighted by atomic mass is 10.1. The van der Waals surface area contributed by atoms with Crippen LogP contribution in [0.3, 0.4) is 0 Å². The summed E-state index contributed by atoms with van der Waals surface area (Å²) in [6.07, 6.45) is 2.47. The first-order chi connectivity index (χ1) is 8.17. The fourth-order valence-electron chi connectivity index (χ4n) is 2.14. The van der Waals surface area contributed by atoms with Gasteiger partial charge in [0.2, 0.25) is 0 Å². The molecule has 2 nitrogen and oxygen atoms in total. The summed E-state index contributed by atoms with van der Waals surface area (Å²) in [5.74, 6) is 0. The molecule has 17 heavy (non-hydrogen) atoms. The molecule has 0 fully saturated rings. The van der Waals surface area contributed by atoms with E-state index in [-0.39, 0.29) is 0 Å². The summed E-state index contributed by atoms with van der Waals surface area (Å²) < 4.78 is 0. The zero-order valence-electron chi connectivity index (χ0n) is 11.7. The zero-order chi connectivity index (χ0) is 12.7. The molecule has 0 bridgehead atoms. The van der Waals surface area contributed by atoms with Gasteiger partial charge in [-0.1, -0.05) is 31.5 Å². The van der Waals surface area contributed by atoms with Gasteiger partial charge in [0.15, 0.2) is 0 Å². The predicted molar refractivity (Wildman–Crippen MR) is 76.7 cm³/mol. The first-order valence-corrected chi connectivity index (χ1v) is 6.68. The standard InChI is InChI=1S/C15H26N2/c1-5-15(6-2)17(4)12-11-16-14-9-7-13(3)8-10-14/h7-10,15-16H,5-6,11-12H2,1-4H3. The van der Waals surface area contributed by atoms with Crippen LogP contribution in [0.2, 0.25) is 0 Å². The van der Waals surface area contributed by atoms with Crippen LogP contribution in [0.4, 0.5) is 5.69 Å². The lowest BCUT2D eigenvalue weighted by molar-refractivity contribution is 0.238. The van der Waals surface area contributed by atoms with E-state index in [2.05, 4.69) is 62.3 Å². The van der Waals surface area contributed by atoms with E-state index in [9.17, 15) is 0 Å². The number of nitrogens with zero attached hydrogens (tertiary/aromatic N) is 1. The number of nitrogens with one attached hydrogen (secondary N) is 1. The lowest BCUT2D eigenvalue weighted by Crippen LogP contribution is -2.34. The summed E-state index contributed by atoms with van der Waals surface area (Å²) in [6, 6.07) is 9.30. The molecule has 1 N–H and O–H groups in total. The Balaban J connectivity index is 2.30. The molecule has 0 radical (unpaired) electrons. The van der Waals surface area contributed by atoms with Crippen molar-refractivity contribution in [2.24, 2.45) is 0 Å². The molecule has 1 aromatic rings. The van der Waals surface area contributed by atoms with E-state index in [0.717, 1.165) is 19.1 Å². The smallest absolute Gasteiger partial charge is 0.0340 e. The molecule has 2 heteroatoms. The molecule has 0 amide bonds. The SMILES string of the molecule is CCC(CC)N(C)CCNc1ccc(C)cc1. The maximum absolute atomic E-state index is 3.46. The molecule has 0 heterocycles. The van der Waals surface area contributed by atoms with Crippen LogP contribution in [0.1, 0.15) is 32.3 Å². The normalized spacial score (nSPS) is 11.2. The van der Waals surface area contributed by atoms with Crippen LogP contribution in [0.25, 0.3) is 0 Å². The quantitative estimate of drug-likeness (QED) is 0.776. The lowest BCUT2D eigenvalue weighted by Gasteiger charge is -2.26. The fraction of sp³-hybridized carbons (Fsp3) is 0.600. The van der Waals surface area contributed by atoms with E-state index < -0.39 is 0 Å². The van der Waals surface area contributed by atoms with Crippen molar-refractivity contribution in [3.05, 3.63) is 29.8 Å². The van der Waals surface area contributed by atoms with Crippen molar-refractivity contribution in [2.45, 2.75) is 39.7 Å². The van der Waals surface area contributed by atoms with Crippen LogP contribution in [-0.2, 0) is 0 Å². The van der Waals surface area contributed by atoms with Crippen LogP contribution in [0.5, 0.6) is 0 Å². The Morgan fingerprint density at radius 3 is 2.24 bits per heavy atom. The predicted octanol–water partition coefficient (Wildman–Crippen LogP) is 3.53. The van der Waals surface area contributed by atoms with Crippen LogP contribution in [-0.4, -0.2) is 31.1 Å². The topological polar surface area (TPSA) is 15.3 Å². The molecule has 1 aromatic carbocycles. The average molecular weight is 234 g/mol. The Hall–Kier alpha value is -1.02. The van der Waals surface area contributed by atoms with Crippen molar-refractivity contribution in [3.8, 4) is 0 Å². The molecule has 0 spiro atoms.